The van der Waals surface area contributed by atoms with Crippen molar-refractivity contribution in [3.05, 3.63) is 41.2 Å². The maximum Gasteiger partial charge on any atom is 0.407 e. The second-order valence-corrected chi connectivity index (χ2v) is 17.4. The first-order chi connectivity index (χ1) is 29.3. The van der Waals surface area contributed by atoms with E-state index in [1.54, 1.807) is 33.2 Å². The molecule has 3 N–H and O–H groups in total. The summed E-state index contributed by atoms with van der Waals surface area (Å²) in [6.45, 7) is 22.4. The van der Waals surface area contributed by atoms with Crippen molar-refractivity contribution < 1.29 is 38.5 Å². The number of esters is 1. The number of ether oxygens (including phenoxy) is 3. The zero-order chi connectivity index (χ0) is 47.1. The number of hydrogen-bond acceptors (Lipinski definition) is 13. The summed E-state index contributed by atoms with van der Waals surface area (Å²) in [6, 6.07) is 1.79. The van der Waals surface area contributed by atoms with E-state index >= 15 is 0 Å². The predicted molar refractivity (Wildman–Crippen MR) is 245 cm³/mol. The molecule has 0 aliphatic carbocycles. The van der Waals surface area contributed by atoms with Crippen LogP contribution in [0.5, 0.6) is 0 Å². The molecule has 0 aromatic carbocycles. The lowest BCUT2D eigenvalue weighted by Crippen LogP contribution is -2.55. The number of ketones is 2. The highest BCUT2D eigenvalue weighted by Crippen LogP contribution is 2.34. The first kappa shape index (κ1) is 56.1. The summed E-state index contributed by atoms with van der Waals surface area (Å²) >= 11 is 0. The van der Waals surface area contributed by atoms with Crippen LogP contribution in [0.15, 0.2) is 35.9 Å². The van der Waals surface area contributed by atoms with Crippen LogP contribution in [0.1, 0.15) is 133 Å². The highest BCUT2D eigenvalue weighted by Gasteiger charge is 2.45. The highest BCUT2D eigenvalue weighted by atomic mass is 16.7. The predicted octanol–water partition coefficient (Wildman–Crippen LogP) is 8.25. The van der Waals surface area contributed by atoms with E-state index in [1.807, 2.05) is 58.1 Å². The van der Waals surface area contributed by atoms with Crippen LogP contribution in [0, 0.1) is 34.5 Å². The van der Waals surface area contributed by atoms with Gasteiger partial charge in [0.2, 0.25) is 0 Å². The third kappa shape index (κ3) is 17.7. The number of hydrogen-bond donors (Lipinski definition) is 2. The van der Waals surface area contributed by atoms with Crippen LogP contribution in [0.4, 0.5) is 4.79 Å². The molecule has 2 aliphatic rings. The normalized spacial score (nSPS) is 28.9. The van der Waals surface area contributed by atoms with Crippen molar-refractivity contribution in [3.8, 4) is 0 Å². The fourth-order valence-electron chi connectivity index (χ4n) is 7.99. The lowest BCUT2D eigenvalue weighted by atomic mass is 9.78. The van der Waals surface area contributed by atoms with Crippen molar-refractivity contribution in [2.75, 3.05) is 40.3 Å². The molecule has 0 saturated carbocycles. The monoisotopic (exact) mass is 875 g/mol. The minimum Gasteiger partial charge on any atom is -0.465 e. The van der Waals surface area contributed by atoms with Crippen LogP contribution in [0.3, 0.4) is 0 Å². The lowest BCUT2D eigenvalue weighted by molar-refractivity contribution is -0.244. The Morgan fingerprint density at radius 3 is 2.11 bits per heavy atom. The SMILES string of the molecule is CCC.CCCC.CCN(/C=C(\N)c1cccnc1)CCCCN(C(=O)O)[C@H]1CCOC(=O)[C@H](C)C(=O)[C@H](C)[C@@H](O[C@@H]2O[C@H](C)C[C@H](N(C)C)[C@H]2N=O)[C@@H](C)C[C@@H](C)C(=O)[C@@H]1C. The molecule has 0 spiro atoms. The number of likely N-dealkylation sites (N-methyl/N-ethyl adjacent to an activating group) is 1. The number of carboxylic acid groups (broad SMARTS) is 1. The molecule has 2 fully saturated rings. The quantitative estimate of drug-likeness (QED) is 0.0786. The van der Waals surface area contributed by atoms with E-state index in [0.29, 0.717) is 44.5 Å². The average Bonchev–Trinajstić information content (AvgIpc) is 3.25. The molecule has 11 atom stereocenters. The maximum atomic E-state index is 14.1. The van der Waals surface area contributed by atoms with E-state index in [4.69, 9.17) is 19.9 Å². The summed E-state index contributed by atoms with van der Waals surface area (Å²) in [5.41, 5.74) is 7.67. The number of rotatable bonds is 14. The Labute approximate surface area is 372 Å². The summed E-state index contributed by atoms with van der Waals surface area (Å²) in [7, 11) is 3.71. The fraction of sp³-hybridized carbons (Fsp3) is 0.766. The zero-order valence-electron chi connectivity index (χ0n) is 40.2. The van der Waals surface area contributed by atoms with Crippen molar-refractivity contribution in [1.82, 2.24) is 19.7 Å². The Morgan fingerprint density at radius 1 is 0.952 bits per heavy atom. The molecule has 0 bridgehead atoms. The van der Waals surface area contributed by atoms with Gasteiger partial charge in [0.1, 0.15) is 11.7 Å². The van der Waals surface area contributed by atoms with E-state index in [0.717, 1.165) is 5.56 Å². The Hall–Kier alpha value is -3.95. The molecule has 3 rings (SSSR count). The standard InChI is InChI=1S/C40H64N6O9.C4H10.C3H8/c1-10-45(23-31(41)30-14-13-16-42-22-30)17-11-12-18-46(40(50)51)32-15-19-53-38(49)29(7)36(48)28(6)37(25(3)20-24(2)35(47)27(32)5)55-39-34(43-52)33(44(8)9)21-26(4)54-39;1-3-4-2;1-3-2/h13-14,16,22-29,32-34,37,39H,10-12,15,17-21,41H2,1-9H3,(H,50,51);3-4H2,1-2H3;3H2,1-2H3/b31-23-;;/t24-,25+,26-,27-,28+,29-,32+,33+,34-,37+,39+;;/m1../s1. The van der Waals surface area contributed by atoms with Gasteiger partial charge in [-0.05, 0) is 78.6 Å². The molecule has 15 nitrogen and oxygen atoms in total. The molecule has 354 valence electrons. The number of nitroso groups, excluding NO2 is 1. The molecule has 3 heterocycles. The summed E-state index contributed by atoms with van der Waals surface area (Å²) in [5.74, 6) is -4.90. The number of carbonyl (C=O) groups is 4. The molecule has 0 radical (unpaired) electrons. The molecule has 1 aromatic rings. The van der Waals surface area contributed by atoms with Crippen LogP contribution in [-0.2, 0) is 28.6 Å². The largest absolute Gasteiger partial charge is 0.465 e. The molecule has 2 saturated heterocycles. The third-order valence-electron chi connectivity index (χ3n) is 11.8. The molecule has 2 aliphatic heterocycles. The topological polar surface area (TPSA) is 194 Å². The van der Waals surface area contributed by atoms with Crippen molar-refractivity contribution in [1.29, 1.82) is 0 Å². The molecule has 15 heteroatoms. The van der Waals surface area contributed by atoms with Gasteiger partial charge >= 0.3 is 12.1 Å². The van der Waals surface area contributed by atoms with Gasteiger partial charge in [0, 0.05) is 80.0 Å². The van der Waals surface area contributed by atoms with Gasteiger partial charge in [-0.1, -0.05) is 79.8 Å². The van der Waals surface area contributed by atoms with Crippen LogP contribution >= 0.6 is 0 Å². The van der Waals surface area contributed by atoms with Crippen LogP contribution in [0.2, 0.25) is 0 Å². The second kappa shape index (κ2) is 29.4. The van der Waals surface area contributed by atoms with E-state index in [1.165, 1.54) is 31.1 Å². The van der Waals surface area contributed by atoms with Crippen molar-refractivity contribution in [2.24, 2.45) is 40.5 Å². The summed E-state index contributed by atoms with van der Waals surface area (Å²) in [5, 5.41) is 13.8. The molecular weight excluding hydrogens is 793 g/mol. The van der Waals surface area contributed by atoms with Gasteiger partial charge in [0.15, 0.2) is 18.1 Å². The number of cyclic esters (lactones) is 1. The van der Waals surface area contributed by atoms with Gasteiger partial charge in [-0.2, -0.15) is 4.91 Å². The minimum absolute atomic E-state index is 0.0885. The van der Waals surface area contributed by atoms with Crippen LogP contribution < -0.4 is 5.73 Å². The summed E-state index contributed by atoms with van der Waals surface area (Å²) < 4.78 is 18.2. The average molecular weight is 875 g/mol. The van der Waals surface area contributed by atoms with Gasteiger partial charge in [-0.15, -0.1) is 0 Å². The highest BCUT2D eigenvalue weighted by molar-refractivity contribution is 5.99. The van der Waals surface area contributed by atoms with Gasteiger partial charge in [-0.3, -0.25) is 19.4 Å². The number of amides is 1. The third-order valence-corrected chi connectivity index (χ3v) is 11.8. The number of nitrogens with two attached hydrogens (primary N) is 1. The lowest BCUT2D eigenvalue weighted by Gasteiger charge is -2.43. The van der Waals surface area contributed by atoms with E-state index in [2.05, 4.69) is 42.8 Å². The van der Waals surface area contributed by atoms with Crippen molar-refractivity contribution >= 4 is 29.3 Å². The van der Waals surface area contributed by atoms with Crippen molar-refractivity contribution in [2.45, 2.75) is 164 Å². The van der Waals surface area contributed by atoms with Gasteiger partial charge in [0.05, 0.1) is 24.5 Å². The summed E-state index contributed by atoms with van der Waals surface area (Å²) in [6.07, 6.45) is 7.96. The second-order valence-electron chi connectivity index (χ2n) is 17.4. The molecular formula is C47H82N6O9. The fourth-order valence-corrected chi connectivity index (χ4v) is 7.99. The first-order valence-corrected chi connectivity index (χ1v) is 23.0. The Morgan fingerprint density at radius 2 is 1.58 bits per heavy atom. The van der Waals surface area contributed by atoms with E-state index < -0.39 is 71.9 Å². The number of unbranched alkanes of at least 4 members (excludes halogenated alkanes) is 2. The number of Topliss-reactive ketones (excluding diaryl/α,β-unsaturated/α-hetero) is 2. The molecule has 1 amide bonds. The Bertz CT molecular complexity index is 1510. The Kier molecular flexibility index (Phi) is 26.6. The van der Waals surface area contributed by atoms with Crippen LogP contribution in [0.25, 0.3) is 5.70 Å². The number of nitrogens with zero attached hydrogens (tertiary/aromatic N) is 5. The molecule has 1 aromatic heterocycles. The van der Waals surface area contributed by atoms with Crippen LogP contribution in [-0.4, -0.2) is 125 Å². The van der Waals surface area contributed by atoms with Crippen molar-refractivity contribution in [3.63, 3.8) is 0 Å². The molecule has 62 heavy (non-hydrogen) atoms. The first-order valence-electron chi connectivity index (χ1n) is 23.0. The van der Waals surface area contributed by atoms with Gasteiger partial charge in [-0.25, -0.2) is 4.79 Å². The van der Waals surface area contributed by atoms with Gasteiger partial charge < -0.3 is 39.8 Å². The molecule has 0 unspecified atom stereocenters. The van der Waals surface area contributed by atoms with E-state index in [-0.39, 0.29) is 37.5 Å². The number of pyridine rings is 1. The summed E-state index contributed by atoms with van der Waals surface area (Å²) in [4.78, 5) is 75.5. The Balaban J connectivity index is 0.00000255. The maximum absolute atomic E-state index is 14.1. The van der Waals surface area contributed by atoms with Gasteiger partial charge in [0.25, 0.3) is 0 Å². The van der Waals surface area contributed by atoms with E-state index in [9.17, 15) is 29.2 Å². The smallest absolute Gasteiger partial charge is 0.407 e. The zero-order valence-corrected chi connectivity index (χ0v) is 40.2. The minimum atomic E-state index is -1.17. The number of aromatic nitrogens is 1. The number of carbonyl (C=O) groups excluding carboxylic acids is 3.